The average Bonchev–Trinajstić information content (AvgIpc) is 3.22. The number of fused-ring (bicyclic) bond motifs is 1. The Kier molecular flexibility index (Phi) is 3.77. The predicted molar refractivity (Wildman–Crippen MR) is 94.1 cm³/mol. The summed E-state index contributed by atoms with van der Waals surface area (Å²) < 4.78 is 10.7. The van der Waals surface area contributed by atoms with Crippen molar-refractivity contribution in [1.29, 1.82) is 0 Å². The molecule has 0 saturated carbocycles. The minimum absolute atomic E-state index is 0.291. The van der Waals surface area contributed by atoms with Crippen LogP contribution in [0.15, 0.2) is 47.8 Å². The van der Waals surface area contributed by atoms with Crippen LogP contribution in [0.4, 0.5) is 0 Å². The van der Waals surface area contributed by atoms with E-state index in [0.29, 0.717) is 6.79 Å². The molecule has 4 rings (SSSR count). The van der Waals surface area contributed by atoms with E-state index in [-0.39, 0.29) is 0 Å². The van der Waals surface area contributed by atoms with Crippen molar-refractivity contribution in [3.05, 3.63) is 63.4 Å². The lowest BCUT2D eigenvalue weighted by Gasteiger charge is -1.97. The van der Waals surface area contributed by atoms with Crippen molar-refractivity contribution in [2.75, 3.05) is 6.79 Å². The molecule has 0 unspecified atom stereocenters. The fraction of sp³-hybridized carbons (Fsp3) is 0.0556. The van der Waals surface area contributed by atoms with E-state index < -0.39 is 0 Å². The Hall–Kier alpha value is -2.30. The van der Waals surface area contributed by atoms with Gasteiger partial charge in [-0.15, -0.1) is 11.3 Å². The molecule has 0 atom stereocenters. The van der Waals surface area contributed by atoms with Crippen molar-refractivity contribution in [2.24, 2.45) is 0 Å². The Morgan fingerprint density at radius 1 is 1.00 bits per heavy atom. The highest BCUT2D eigenvalue weighted by Crippen LogP contribution is 2.33. The van der Waals surface area contributed by atoms with Gasteiger partial charge in [-0.05, 0) is 35.9 Å². The Bertz CT molecular complexity index is 871. The lowest BCUT2D eigenvalue weighted by molar-refractivity contribution is 0.174. The molecule has 0 spiro atoms. The molecule has 0 radical (unpaired) electrons. The van der Waals surface area contributed by atoms with E-state index in [2.05, 4.69) is 4.98 Å². The topological polar surface area (TPSA) is 31.4 Å². The van der Waals surface area contributed by atoms with Crippen molar-refractivity contribution >= 4 is 35.1 Å². The molecule has 23 heavy (non-hydrogen) atoms. The number of hydrogen-bond donors (Lipinski definition) is 0. The summed E-state index contributed by atoms with van der Waals surface area (Å²) in [5.41, 5.74) is 3.07. The molecule has 1 aliphatic rings. The Morgan fingerprint density at radius 2 is 1.83 bits per heavy atom. The van der Waals surface area contributed by atoms with Gasteiger partial charge in [0.1, 0.15) is 5.01 Å². The van der Waals surface area contributed by atoms with Gasteiger partial charge in [0, 0.05) is 16.0 Å². The lowest BCUT2D eigenvalue weighted by Crippen LogP contribution is -1.92. The molecule has 1 aliphatic heterocycles. The highest BCUT2D eigenvalue weighted by Gasteiger charge is 2.12. The van der Waals surface area contributed by atoms with Crippen LogP contribution in [0.2, 0.25) is 5.02 Å². The number of nitrogens with zero attached hydrogens (tertiary/aromatic N) is 1. The summed E-state index contributed by atoms with van der Waals surface area (Å²) >= 11 is 7.52. The fourth-order valence-corrected chi connectivity index (χ4v) is 3.15. The SMILES string of the molecule is Clc1ccc(-c2csc(/C=C/c3ccc4c(c3)OCO4)n2)cc1. The maximum Gasteiger partial charge on any atom is 0.231 e. The quantitative estimate of drug-likeness (QED) is 0.642. The van der Waals surface area contributed by atoms with Crippen molar-refractivity contribution in [3.8, 4) is 22.8 Å². The van der Waals surface area contributed by atoms with Gasteiger partial charge in [-0.3, -0.25) is 0 Å². The molecular formula is C18H12ClNO2S. The largest absolute Gasteiger partial charge is 0.454 e. The maximum absolute atomic E-state index is 5.91. The molecule has 0 fully saturated rings. The van der Waals surface area contributed by atoms with Crippen LogP contribution < -0.4 is 9.47 Å². The molecule has 114 valence electrons. The van der Waals surface area contributed by atoms with E-state index in [9.17, 15) is 0 Å². The van der Waals surface area contributed by atoms with Crippen LogP contribution in [0, 0.1) is 0 Å². The highest BCUT2D eigenvalue weighted by molar-refractivity contribution is 7.10. The van der Waals surface area contributed by atoms with Gasteiger partial charge < -0.3 is 9.47 Å². The molecular weight excluding hydrogens is 330 g/mol. The zero-order valence-electron chi connectivity index (χ0n) is 12.0. The third-order valence-corrected chi connectivity index (χ3v) is 4.54. The molecule has 2 heterocycles. The summed E-state index contributed by atoms with van der Waals surface area (Å²) in [7, 11) is 0. The summed E-state index contributed by atoms with van der Waals surface area (Å²) in [4.78, 5) is 4.63. The first-order chi connectivity index (χ1) is 11.3. The van der Waals surface area contributed by atoms with Crippen LogP contribution >= 0.6 is 22.9 Å². The lowest BCUT2D eigenvalue weighted by atomic mass is 10.2. The molecule has 2 aromatic carbocycles. The van der Waals surface area contributed by atoms with Crippen LogP contribution in [0.5, 0.6) is 11.5 Å². The number of hydrogen-bond acceptors (Lipinski definition) is 4. The molecule has 3 nitrogen and oxygen atoms in total. The summed E-state index contributed by atoms with van der Waals surface area (Å²) in [6.45, 7) is 0.291. The zero-order chi connectivity index (χ0) is 15.6. The van der Waals surface area contributed by atoms with Gasteiger partial charge in [-0.25, -0.2) is 4.98 Å². The summed E-state index contributed by atoms with van der Waals surface area (Å²) in [6.07, 6.45) is 4.02. The van der Waals surface area contributed by atoms with E-state index in [1.54, 1.807) is 11.3 Å². The normalized spacial score (nSPS) is 12.9. The molecule has 5 heteroatoms. The van der Waals surface area contributed by atoms with E-state index in [1.807, 2.05) is 60.0 Å². The molecule has 0 N–H and O–H groups in total. The van der Waals surface area contributed by atoms with Gasteiger partial charge >= 0.3 is 0 Å². The van der Waals surface area contributed by atoms with E-state index >= 15 is 0 Å². The van der Waals surface area contributed by atoms with Crippen LogP contribution in [-0.2, 0) is 0 Å². The van der Waals surface area contributed by atoms with Gasteiger partial charge in [-0.2, -0.15) is 0 Å². The van der Waals surface area contributed by atoms with E-state index in [4.69, 9.17) is 21.1 Å². The molecule has 3 aromatic rings. The Labute approximate surface area is 142 Å². The zero-order valence-corrected chi connectivity index (χ0v) is 13.6. The van der Waals surface area contributed by atoms with Crippen molar-refractivity contribution in [1.82, 2.24) is 4.98 Å². The number of halogens is 1. The highest BCUT2D eigenvalue weighted by atomic mass is 35.5. The van der Waals surface area contributed by atoms with Gasteiger partial charge in [0.2, 0.25) is 6.79 Å². The summed E-state index contributed by atoms with van der Waals surface area (Å²) in [5, 5.41) is 3.72. The monoisotopic (exact) mass is 341 g/mol. The van der Waals surface area contributed by atoms with E-state index in [1.165, 1.54) is 0 Å². The van der Waals surface area contributed by atoms with Crippen molar-refractivity contribution in [3.63, 3.8) is 0 Å². The average molecular weight is 342 g/mol. The second-order valence-electron chi connectivity index (χ2n) is 5.02. The van der Waals surface area contributed by atoms with Gasteiger partial charge in [0.05, 0.1) is 5.69 Å². The molecule has 0 amide bonds. The molecule has 0 saturated heterocycles. The van der Waals surface area contributed by atoms with Crippen LogP contribution in [0.3, 0.4) is 0 Å². The second kappa shape index (κ2) is 6.07. The fourth-order valence-electron chi connectivity index (χ4n) is 2.30. The van der Waals surface area contributed by atoms with Crippen LogP contribution in [0.25, 0.3) is 23.4 Å². The number of rotatable bonds is 3. The number of benzene rings is 2. The molecule has 1 aromatic heterocycles. The van der Waals surface area contributed by atoms with Crippen molar-refractivity contribution < 1.29 is 9.47 Å². The summed E-state index contributed by atoms with van der Waals surface area (Å²) in [5.74, 6) is 1.58. The maximum atomic E-state index is 5.91. The first-order valence-electron chi connectivity index (χ1n) is 7.07. The third-order valence-electron chi connectivity index (χ3n) is 3.48. The molecule has 0 aliphatic carbocycles. The number of thiazole rings is 1. The second-order valence-corrected chi connectivity index (χ2v) is 6.35. The van der Waals surface area contributed by atoms with Crippen LogP contribution in [0.1, 0.15) is 10.6 Å². The smallest absolute Gasteiger partial charge is 0.231 e. The standard InChI is InChI=1S/C18H12ClNO2S/c19-14-5-3-13(4-6-14)15-10-23-18(20-15)8-2-12-1-7-16-17(9-12)22-11-21-16/h1-10H,11H2/b8-2+. The van der Waals surface area contributed by atoms with Crippen LogP contribution in [-0.4, -0.2) is 11.8 Å². The minimum Gasteiger partial charge on any atom is -0.454 e. The number of aromatic nitrogens is 1. The van der Waals surface area contributed by atoms with Gasteiger partial charge in [-0.1, -0.05) is 35.9 Å². The first kappa shape index (κ1) is 14.3. The van der Waals surface area contributed by atoms with Gasteiger partial charge in [0.15, 0.2) is 11.5 Å². The third kappa shape index (κ3) is 3.09. The number of ether oxygens (including phenoxy) is 2. The predicted octanol–water partition coefficient (Wildman–Crippen LogP) is 5.36. The van der Waals surface area contributed by atoms with Gasteiger partial charge in [0.25, 0.3) is 0 Å². The Balaban J connectivity index is 1.54. The first-order valence-corrected chi connectivity index (χ1v) is 8.33. The minimum atomic E-state index is 0.291. The Morgan fingerprint density at radius 3 is 2.70 bits per heavy atom. The summed E-state index contributed by atoms with van der Waals surface area (Å²) in [6, 6.07) is 13.6. The van der Waals surface area contributed by atoms with E-state index in [0.717, 1.165) is 38.4 Å². The van der Waals surface area contributed by atoms with Crippen molar-refractivity contribution in [2.45, 2.75) is 0 Å². The molecule has 0 bridgehead atoms.